The first-order valence-corrected chi connectivity index (χ1v) is 5.60. The fourth-order valence-electron chi connectivity index (χ4n) is 1.57. The number of pyridine rings is 1. The monoisotopic (exact) mass is 269 g/mol. The Bertz CT molecular complexity index is 394. The lowest BCUT2D eigenvalue weighted by atomic mass is 10.2. The maximum atomic E-state index is 11.2. The molecule has 4 nitrogen and oxygen atoms in total. The number of carbonyl (C=O) groups excluding carboxylic acids is 1. The third-order valence-electron chi connectivity index (χ3n) is 2.40. The summed E-state index contributed by atoms with van der Waals surface area (Å²) in [5.41, 5.74) is 1.13. The molecule has 15 heavy (non-hydrogen) atoms. The van der Waals surface area contributed by atoms with E-state index in [4.69, 9.17) is 0 Å². The van der Waals surface area contributed by atoms with Crippen LogP contribution in [0.1, 0.15) is 5.56 Å². The number of nitrogens with zero attached hydrogens (tertiary/aromatic N) is 2. The number of aryl methyl sites for hydroxylation is 1. The van der Waals surface area contributed by atoms with E-state index in [9.17, 15) is 4.79 Å². The van der Waals surface area contributed by atoms with Gasteiger partial charge in [0.2, 0.25) is 5.91 Å². The third-order valence-corrected chi connectivity index (χ3v) is 3.38. The second-order valence-corrected chi connectivity index (χ2v) is 4.33. The lowest BCUT2D eigenvalue weighted by Crippen LogP contribution is -2.48. The topological polar surface area (TPSA) is 45.2 Å². The molecule has 80 valence electrons. The largest absolute Gasteiger partial charge is 0.353 e. The molecular weight excluding hydrogens is 258 g/mol. The van der Waals surface area contributed by atoms with Gasteiger partial charge < -0.3 is 10.2 Å². The number of amides is 1. The molecule has 2 heterocycles. The molecule has 1 aliphatic heterocycles. The van der Waals surface area contributed by atoms with Gasteiger partial charge in [0, 0.05) is 19.3 Å². The molecule has 0 radical (unpaired) electrons. The van der Waals surface area contributed by atoms with Gasteiger partial charge in [-0.2, -0.15) is 0 Å². The van der Waals surface area contributed by atoms with Crippen LogP contribution >= 0.6 is 15.9 Å². The van der Waals surface area contributed by atoms with Gasteiger partial charge in [-0.1, -0.05) is 0 Å². The molecule has 2 rings (SSSR count). The van der Waals surface area contributed by atoms with Crippen LogP contribution in [-0.4, -0.2) is 30.5 Å². The molecular formula is C10H12BrN3O. The van der Waals surface area contributed by atoms with E-state index in [1.165, 1.54) is 0 Å². The van der Waals surface area contributed by atoms with Gasteiger partial charge in [0.05, 0.1) is 11.0 Å². The molecule has 1 aromatic heterocycles. The first-order chi connectivity index (χ1) is 7.18. The van der Waals surface area contributed by atoms with Crippen LogP contribution in [0.5, 0.6) is 0 Å². The van der Waals surface area contributed by atoms with Crippen molar-refractivity contribution in [2.24, 2.45) is 0 Å². The molecule has 0 spiro atoms. The summed E-state index contributed by atoms with van der Waals surface area (Å²) < 4.78 is 0.972. The number of hydrogen-bond acceptors (Lipinski definition) is 3. The highest BCUT2D eigenvalue weighted by atomic mass is 79.9. The number of aromatic nitrogens is 1. The summed E-state index contributed by atoms with van der Waals surface area (Å²) in [4.78, 5) is 17.5. The van der Waals surface area contributed by atoms with Crippen molar-refractivity contribution in [3.05, 3.63) is 22.3 Å². The van der Waals surface area contributed by atoms with Crippen molar-refractivity contribution in [3.8, 4) is 0 Å². The minimum Gasteiger partial charge on any atom is -0.353 e. The van der Waals surface area contributed by atoms with Gasteiger partial charge in [-0.15, -0.1) is 0 Å². The molecule has 1 aromatic rings. The van der Waals surface area contributed by atoms with Crippen LogP contribution in [0.2, 0.25) is 0 Å². The van der Waals surface area contributed by atoms with E-state index in [2.05, 4.69) is 26.2 Å². The summed E-state index contributed by atoms with van der Waals surface area (Å²) in [7, 11) is 0. The van der Waals surface area contributed by atoms with Crippen LogP contribution in [-0.2, 0) is 4.79 Å². The fourth-order valence-corrected chi connectivity index (χ4v) is 2.05. The van der Waals surface area contributed by atoms with Gasteiger partial charge in [-0.25, -0.2) is 4.98 Å². The van der Waals surface area contributed by atoms with E-state index in [1.54, 1.807) is 6.20 Å². The van der Waals surface area contributed by atoms with E-state index in [1.807, 2.05) is 17.9 Å². The predicted molar refractivity (Wildman–Crippen MR) is 61.9 cm³/mol. The number of rotatable bonds is 1. The molecule has 5 heteroatoms. The Morgan fingerprint density at radius 2 is 2.40 bits per heavy atom. The lowest BCUT2D eigenvalue weighted by molar-refractivity contribution is -0.120. The number of hydrogen-bond donors (Lipinski definition) is 1. The minimum absolute atomic E-state index is 0.0523. The van der Waals surface area contributed by atoms with Crippen LogP contribution < -0.4 is 10.2 Å². The normalized spacial score (nSPS) is 16.4. The van der Waals surface area contributed by atoms with Gasteiger partial charge in [-0.05, 0) is 34.5 Å². The summed E-state index contributed by atoms with van der Waals surface area (Å²) in [6.45, 7) is 3.88. The quantitative estimate of drug-likeness (QED) is 0.830. The van der Waals surface area contributed by atoms with Crippen LogP contribution in [0.4, 0.5) is 5.82 Å². The first-order valence-electron chi connectivity index (χ1n) is 4.81. The Kier molecular flexibility index (Phi) is 2.90. The van der Waals surface area contributed by atoms with Crippen LogP contribution in [0, 0.1) is 6.92 Å². The van der Waals surface area contributed by atoms with Gasteiger partial charge in [0.25, 0.3) is 0 Å². The average molecular weight is 270 g/mol. The zero-order valence-electron chi connectivity index (χ0n) is 8.46. The average Bonchev–Trinajstić information content (AvgIpc) is 2.22. The van der Waals surface area contributed by atoms with E-state index >= 15 is 0 Å². The highest BCUT2D eigenvalue weighted by Crippen LogP contribution is 2.26. The molecule has 1 saturated heterocycles. The molecule has 1 N–H and O–H groups in total. The van der Waals surface area contributed by atoms with Crippen molar-refractivity contribution in [1.82, 2.24) is 10.3 Å². The lowest BCUT2D eigenvalue weighted by Gasteiger charge is -2.28. The van der Waals surface area contributed by atoms with Crippen molar-refractivity contribution in [2.75, 3.05) is 24.5 Å². The number of halogens is 1. The van der Waals surface area contributed by atoms with E-state index in [-0.39, 0.29) is 5.91 Å². The first kappa shape index (κ1) is 10.4. The Labute approximate surface area is 96.8 Å². The van der Waals surface area contributed by atoms with E-state index in [0.717, 1.165) is 22.4 Å². The van der Waals surface area contributed by atoms with Crippen LogP contribution in [0.25, 0.3) is 0 Å². The Morgan fingerprint density at radius 1 is 1.60 bits per heavy atom. The molecule has 0 aliphatic carbocycles. The minimum atomic E-state index is 0.0523. The summed E-state index contributed by atoms with van der Waals surface area (Å²) >= 11 is 3.50. The number of piperazine rings is 1. The summed E-state index contributed by atoms with van der Waals surface area (Å²) in [6.07, 6.45) is 1.77. The number of carbonyl (C=O) groups is 1. The maximum Gasteiger partial charge on any atom is 0.239 e. The van der Waals surface area contributed by atoms with Crippen LogP contribution in [0.3, 0.4) is 0 Å². The fraction of sp³-hybridized carbons (Fsp3) is 0.400. The zero-order chi connectivity index (χ0) is 10.8. The molecule has 0 unspecified atom stereocenters. The highest BCUT2D eigenvalue weighted by molar-refractivity contribution is 9.10. The maximum absolute atomic E-state index is 11.2. The van der Waals surface area contributed by atoms with E-state index in [0.29, 0.717) is 13.1 Å². The smallest absolute Gasteiger partial charge is 0.239 e. The van der Waals surface area contributed by atoms with Crippen molar-refractivity contribution in [1.29, 1.82) is 0 Å². The molecule has 1 fully saturated rings. The van der Waals surface area contributed by atoms with Gasteiger partial charge in [-0.3, -0.25) is 4.79 Å². The Hall–Kier alpha value is -1.10. The summed E-state index contributed by atoms with van der Waals surface area (Å²) in [5.74, 6) is 0.904. The SMILES string of the molecule is Cc1ccnc(N2CCNC(=O)C2)c1Br. The van der Waals surface area contributed by atoms with Crippen molar-refractivity contribution in [2.45, 2.75) is 6.92 Å². The Balaban J connectivity index is 2.28. The number of nitrogens with one attached hydrogen (secondary N) is 1. The Morgan fingerprint density at radius 3 is 3.13 bits per heavy atom. The van der Waals surface area contributed by atoms with Gasteiger partial charge >= 0.3 is 0 Å². The van der Waals surface area contributed by atoms with Gasteiger partial charge in [0.15, 0.2) is 0 Å². The van der Waals surface area contributed by atoms with E-state index < -0.39 is 0 Å². The van der Waals surface area contributed by atoms with Crippen LogP contribution in [0.15, 0.2) is 16.7 Å². The summed E-state index contributed by atoms with van der Waals surface area (Å²) in [5, 5.41) is 2.79. The third kappa shape index (κ3) is 2.12. The standard InChI is InChI=1S/C10H12BrN3O/c1-7-2-3-13-10(9(7)11)14-5-4-12-8(15)6-14/h2-3H,4-6H2,1H3,(H,12,15). The molecule has 0 bridgehead atoms. The van der Waals surface area contributed by atoms with Crippen molar-refractivity contribution in [3.63, 3.8) is 0 Å². The number of anilines is 1. The second kappa shape index (κ2) is 4.18. The molecule has 0 saturated carbocycles. The molecule has 1 amide bonds. The van der Waals surface area contributed by atoms with Crippen molar-refractivity contribution >= 4 is 27.7 Å². The van der Waals surface area contributed by atoms with Gasteiger partial charge in [0.1, 0.15) is 5.82 Å². The molecule has 0 aromatic carbocycles. The highest BCUT2D eigenvalue weighted by Gasteiger charge is 2.19. The summed E-state index contributed by atoms with van der Waals surface area (Å²) in [6, 6.07) is 1.94. The molecule has 0 atom stereocenters. The predicted octanol–water partition coefficient (Wildman–Crippen LogP) is 1.09. The van der Waals surface area contributed by atoms with Crippen molar-refractivity contribution < 1.29 is 4.79 Å². The molecule has 1 aliphatic rings. The zero-order valence-corrected chi connectivity index (χ0v) is 10.0. The second-order valence-electron chi connectivity index (χ2n) is 3.54.